The van der Waals surface area contributed by atoms with Gasteiger partial charge in [-0.05, 0) is 24.6 Å². The molecule has 0 radical (unpaired) electrons. The van der Waals surface area contributed by atoms with Crippen LogP contribution in [0.25, 0.3) is 10.2 Å². The number of nitrogens with one attached hydrogen (secondary N) is 2. The number of hydrogen-bond acceptors (Lipinski definition) is 6. The first-order valence-corrected chi connectivity index (χ1v) is 10.1. The summed E-state index contributed by atoms with van der Waals surface area (Å²) in [5, 5.41) is 2.73. The maximum absolute atomic E-state index is 12.5. The molecular formula is C18H16N4O3S2. The molecule has 2 amide bonds. The second kappa shape index (κ2) is 7.16. The average Bonchev–Trinajstić information content (AvgIpc) is 3.09. The molecule has 0 saturated heterocycles. The number of thiophene rings is 1. The van der Waals surface area contributed by atoms with Gasteiger partial charge in [0.15, 0.2) is 0 Å². The number of aryl methyl sites for hydroxylation is 1. The fourth-order valence-electron chi connectivity index (χ4n) is 2.80. The van der Waals surface area contributed by atoms with E-state index in [1.165, 1.54) is 29.4 Å². The van der Waals surface area contributed by atoms with E-state index in [1.807, 2.05) is 31.2 Å². The van der Waals surface area contributed by atoms with Gasteiger partial charge in [-0.2, -0.15) is 0 Å². The lowest BCUT2D eigenvalue weighted by atomic mass is 10.2. The van der Waals surface area contributed by atoms with E-state index in [4.69, 9.17) is 0 Å². The Bertz CT molecular complexity index is 1110. The first kappa shape index (κ1) is 17.7. The summed E-state index contributed by atoms with van der Waals surface area (Å²) in [6, 6.07) is 9.25. The van der Waals surface area contributed by atoms with Crippen LogP contribution in [0.3, 0.4) is 0 Å². The Hall–Kier alpha value is -2.65. The number of fused-ring (bicyclic) bond motifs is 2. The predicted molar refractivity (Wildman–Crippen MR) is 107 cm³/mol. The van der Waals surface area contributed by atoms with Crippen molar-refractivity contribution in [2.75, 3.05) is 10.7 Å². The summed E-state index contributed by atoms with van der Waals surface area (Å²) in [5.74, 6) is -0.642. The second-order valence-corrected chi connectivity index (χ2v) is 8.40. The molecule has 1 atom stereocenters. The van der Waals surface area contributed by atoms with E-state index in [2.05, 4.69) is 15.7 Å². The minimum Gasteiger partial charge on any atom is -0.324 e. The van der Waals surface area contributed by atoms with Gasteiger partial charge in [-0.1, -0.05) is 19.1 Å². The van der Waals surface area contributed by atoms with Crippen LogP contribution in [0.4, 0.5) is 5.69 Å². The van der Waals surface area contributed by atoms with Crippen LogP contribution >= 0.6 is 23.1 Å². The number of aromatic nitrogens is 2. The number of carbonyl (C=O) groups is 2. The molecule has 0 bridgehead atoms. The zero-order chi connectivity index (χ0) is 19.0. The lowest BCUT2D eigenvalue weighted by molar-refractivity contribution is -0.121. The van der Waals surface area contributed by atoms with E-state index in [9.17, 15) is 14.4 Å². The molecule has 0 unspecified atom stereocenters. The van der Waals surface area contributed by atoms with Crippen molar-refractivity contribution in [3.63, 3.8) is 0 Å². The van der Waals surface area contributed by atoms with Gasteiger partial charge in [-0.25, -0.2) is 9.66 Å². The van der Waals surface area contributed by atoms with Crippen molar-refractivity contribution in [3.8, 4) is 0 Å². The van der Waals surface area contributed by atoms with Crippen LogP contribution in [-0.4, -0.2) is 26.7 Å². The van der Waals surface area contributed by atoms with E-state index >= 15 is 0 Å². The highest BCUT2D eigenvalue weighted by molar-refractivity contribution is 8.01. The van der Waals surface area contributed by atoms with Crippen molar-refractivity contribution in [1.29, 1.82) is 0 Å². The van der Waals surface area contributed by atoms with Gasteiger partial charge < -0.3 is 5.32 Å². The third-order valence-corrected chi connectivity index (χ3v) is 6.64. The molecule has 7 nitrogen and oxygen atoms in total. The Morgan fingerprint density at radius 3 is 2.96 bits per heavy atom. The largest absolute Gasteiger partial charge is 0.324 e. The smallest absolute Gasteiger partial charge is 0.280 e. The first-order chi connectivity index (χ1) is 13.0. The van der Waals surface area contributed by atoms with Crippen molar-refractivity contribution < 1.29 is 9.59 Å². The highest BCUT2D eigenvalue weighted by atomic mass is 32.2. The van der Waals surface area contributed by atoms with Gasteiger partial charge >= 0.3 is 0 Å². The minimum absolute atomic E-state index is 0.0425. The summed E-state index contributed by atoms with van der Waals surface area (Å²) in [5.41, 5.74) is 2.96. The third-order valence-electron chi connectivity index (χ3n) is 4.17. The molecule has 4 rings (SSSR count). The Morgan fingerprint density at radius 2 is 2.15 bits per heavy atom. The third kappa shape index (κ3) is 3.47. The molecule has 3 aromatic rings. The standard InChI is InChI=1S/C18H16N4O3S2/c1-2-10-7-11-17(26-10)19-9-22(18(11)25)21-15(23)8-14-16(24)20-12-5-3-4-6-13(12)27-14/h3-7,9,14H,2,8H2,1H3,(H,20,24)(H,21,23)/t14-/m0/s1. The number of benzene rings is 1. The molecule has 0 spiro atoms. The summed E-state index contributed by atoms with van der Waals surface area (Å²) in [4.78, 5) is 44.0. The van der Waals surface area contributed by atoms with E-state index in [0.717, 1.165) is 26.6 Å². The van der Waals surface area contributed by atoms with Crippen LogP contribution < -0.4 is 16.3 Å². The maximum Gasteiger partial charge on any atom is 0.280 e. The van der Waals surface area contributed by atoms with Crippen LogP contribution in [0.5, 0.6) is 0 Å². The molecule has 27 heavy (non-hydrogen) atoms. The monoisotopic (exact) mass is 400 g/mol. The molecule has 1 aliphatic heterocycles. The molecule has 3 heterocycles. The van der Waals surface area contributed by atoms with Crippen LogP contribution in [0.15, 0.2) is 46.3 Å². The Balaban J connectivity index is 1.50. The van der Waals surface area contributed by atoms with Gasteiger partial charge in [0.05, 0.1) is 16.3 Å². The Labute approximate surface area is 162 Å². The Morgan fingerprint density at radius 1 is 1.33 bits per heavy atom. The number of carbonyl (C=O) groups excluding carboxylic acids is 2. The highest BCUT2D eigenvalue weighted by Crippen LogP contribution is 2.36. The summed E-state index contributed by atoms with van der Waals surface area (Å²) in [6.45, 7) is 2.01. The molecule has 0 fully saturated rings. The van der Waals surface area contributed by atoms with Gasteiger partial charge in [0.2, 0.25) is 11.8 Å². The highest BCUT2D eigenvalue weighted by Gasteiger charge is 2.29. The normalized spacial score (nSPS) is 16.0. The van der Waals surface area contributed by atoms with E-state index in [-0.39, 0.29) is 17.9 Å². The number of rotatable bonds is 4. The zero-order valence-corrected chi connectivity index (χ0v) is 16.0. The van der Waals surface area contributed by atoms with Crippen molar-refractivity contribution >= 4 is 50.8 Å². The summed E-state index contributed by atoms with van der Waals surface area (Å²) < 4.78 is 1.08. The molecule has 1 aromatic carbocycles. The molecule has 9 heteroatoms. The summed E-state index contributed by atoms with van der Waals surface area (Å²) in [6.07, 6.45) is 2.09. The number of thioether (sulfide) groups is 1. The van der Waals surface area contributed by atoms with Crippen molar-refractivity contribution in [2.45, 2.75) is 29.9 Å². The molecule has 138 valence electrons. The van der Waals surface area contributed by atoms with Gasteiger partial charge in [-0.3, -0.25) is 19.8 Å². The molecule has 2 aromatic heterocycles. The van der Waals surface area contributed by atoms with Gasteiger partial charge in [0.1, 0.15) is 11.2 Å². The fourth-order valence-corrected chi connectivity index (χ4v) is 4.84. The van der Waals surface area contributed by atoms with Crippen molar-refractivity contribution in [2.24, 2.45) is 0 Å². The maximum atomic E-state index is 12.5. The molecule has 0 aliphatic carbocycles. The average molecular weight is 400 g/mol. The van der Waals surface area contributed by atoms with Crippen LogP contribution in [0, 0.1) is 0 Å². The lowest BCUT2D eigenvalue weighted by Gasteiger charge is -2.23. The number of para-hydroxylation sites is 1. The van der Waals surface area contributed by atoms with Crippen LogP contribution in [-0.2, 0) is 16.0 Å². The predicted octanol–water partition coefficient (Wildman–Crippen LogP) is 2.59. The summed E-state index contributed by atoms with van der Waals surface area (Å²) >= 11 is 2.81. The second-order valence-electron chi connectivity index (χ2n) is 6.04. The van der Waals surface area contributed by atoms with Crippen molar-refractivity contribution in [3.05, 3.63) is 51.9 Å². The molecule has 0 saturated carbocycles. The number of nitrogens with zero attached hydrogens (tertiary/aromatic N) is 2. The van der Waals surface area contributed by atoms with E-state index in [1.54, 1.807) is 6.07 Å². The number of amides is 2. The lowest BCUT2D eigenvalue weighted by Crippen LogP contribution is -2.37. The van der Waals surface area contributed by atoms with Gasteiger partial charge in [0.25, 0.3) is 5.56 Å². The zero-order valence-electron chi connectivity index (χ0n) is 14.4. The molecule has 2 N–H and O–H groups in total. The topological polar surface area (TPSA) is 93.1 Å². The molecular weight excluding hydrogens is 384 g/mol. The SMILES string of the molecule is CCc1cc2c(=O)n(NC(=O)C[C@@H]3Sc4ccccc4NC3=O)cnc2s1. The quantitative estimate of drug-likeness (QED) is 0.702. The van der Waals surface area contributed by atoms with Gasteiger partial charge in [-0.15, -0.1) is 23.1 Å². The van der Waals surface area contributed by atoms with E-state index < -0.39 is 11.2 Å². The van der Waals surface area contributed by atoms with E-state index in [0.29, 0.717) is 10.2 Å². The number of anilines is 1. The Kier molecular flexibility index (Phi) is 4.71. The number of hydrogen-bond donors (Lipinski definition) is 2. The summed E-state index contributed by atoms with van der Waals surface area (Å²) in [7, 11) is 0. The fraction of sp³-hybridized carbons (Fsp3) is 0.222. The van der Waals surface area contributed by atoms with Crippen molar-refractivity contribution in [1.82, 2.24) is 9.66 Å². The molecule has 1 aliphatic rings. The first-order valence-electron chi connectivity index (χ1n) is 8.41. The minimum atomic E-state index is -0.555. The van der Waals surface area contributed by atoms with Crippen LogP contribution in [0.2, 0.25) is 0 Å². The van der Waals surface area contributed by atoms with Crippen LogP contribution in [0.1, 0.15) is 18.2 Å². The van der Waals surface area contributed by atoms with Gasteiger partial charge in [0, 0.05) is 16.2 Å².